The molecule has 0 saturated carbocycles. The fourth-order valence-electron chi connectivity index (χ4n) is 8.83. The highest BCUT2D eigenvalue weighted by Crippen LogP contribution is 2.30. The zero-order valence-electron chi connectivity index (χ0n) is 44.0. The molecule has 0 amide bonds. The molecule has 1 heterocycles. The number of esters is 3. The van der Waals surface area contributed by atoms with Crippen molar-refractivity contribution in [3.05, 3.63) is 36.5 Å². The second kappa shape index (κ2) is 48.6. The largest absolute Gasteiger partial charge is 0.455 e. The predicted octanol–water partition coefficient (Wildman–Crippen LogP) is 17.2. The minimum atomic E-state index is -1.25. The van der Waals surface area contributed by atoms with E-state index >= 15 is 0 Å². The van der Waals surface area contributed by atoms with Gasteiger partial charge in [0.05, 0.1) is 6.61 Å². The van der Waals surface area contributed by atoms with Gasteiger partial charge in [0, 0.05) is 19.3 Å². The number of aliphatic hydroxyl groups is 1. The number of carbonyl (C=O) groups excluding carboxylic acids is 3. The van der Waals surface area contributed by atoms with Crippen molar-refractivity contribution in [1.29, 1.82) is 0 Å². The van der Waals surface area contributed by atoms with Crippen LogP contribution in [0.15, 0.2) is 36.5 Å². The maximum absolute atomic E-state index is 13.2. The second-order valence-electron chi connectivity index (χ2n) is 19.6. The van der Waals surface area contributed by atoms with E-state index in [4.69, 9.17) is 18.9 Å². The first-order valence-corrected chi connectivity index (χ1v) is 28.8. The molecule has 1 N–H and O–H groups in total. The molecule has 1 saturated heterocycles. The number of aliphatic hydroxyl groups excluding tert-OH is 1. The lowest BCUT2D eigenvalue weighted by molar-refractivity contribution is -0.199. The van der Waals surface area contributed by atoms with Crippen molar-refractivity contribution < 1.29 is 38.4 Å². The van der Waals surface area contributed by atoms with Crippen LogP contribution in [-0.2, 0) is 33.3 Å². The third-order valence-corrected chi connectivity index (χ3v) is 13.2. The fraction of sp³-hybridized carbons (Fsp3) is 0.847. The number of unbranched alkanes of at least 4 members (excludes halogenated alkanes) is 33. The highest BCUT2D eigenvalue weighted by molar-refractivity contribution is 5.71. The Morgan fingerprint density at radius 2 is 0.612 bits per heavy atom. The minimum Gasteiger partial charge on any atom is -0.455 e. The number of allylic oxidation sites excluding steroid dienone is 6. The number of hydrogen-bond acceptors (Lipinski definition) is 8. The van der Waals surface area contributed by atoms with Gasteiger partial charge in [0.25, 0.3) is 0 Å². The summed E-state index contributed by atoms with van der Waals surface area (Å²) < 4.78 is 23.5. The third kappa shape index (κ3) is 39.0. The van der Waals surface area contributed by atoms with Crippen LogP contribution in [0.3, 0.4) is 0 Å². The van der Waals surface area contributed by atoms with Crippen molar-refractivity contribution in [2.45, 2.75) is 315 Å². The summed E-state index contributed by atoms with van der Waals surface area (Å²) in [6, 6.07) is 0. The summed E-state index contributed by atoms with van der Waals surface area (Å²) in [5.41, 5.74) is 0. The molecule has 0 unspecified atom stereocenters. The summed E-state index contributed by atoms with van der Waals surface area (Å²) in [5.74, 6) is -1.32. The van der Waals surface area contributed by atoms with Gasteiger partial charge in [0.1, 0.15) is 6.10 Å². The Balaban J connectivity index is 2.52. The maximum atomic E-state index is 13.2. The molecule has 8 nitrogen and oxygen atoms in total. The first-order chi connectivity index (χ1) is 33.0. The summed E-state index contributed by atoms with van der Waals surface area (Å²) in [5, 5.41) is 10.3. The predicted molar refractivity (Wildman–Crippen MR) is 280 cm³/mol. The third-order valence-electron chi connectivity index (χ3n) is 13.2. The van der Waals surface area contributed by atoms with Crippen molar-refractivity contribution in [1.82, 2.24) is 0 Å². The van der Waals surface area contributed by atoms with Crippen LogP contribution in [0.1, 0.15) is 290 Å². The lowest BCUT2D eigenvalue weighted by Crippen LogP contribution is -2.42. The van der Waals surface area contributed by atoms with E-state index in [1.807, 2.05) is 0 Å². The van der Waals surface area contributed by atoms with Crippen LogP contribution >= 0.6 is 0 Å². The van der Waals surface area contributed by atoms with E-state index in [-0.39, 0.29) is 19.3 Å². The average Bonchev–Trinajstić information content (AvgIpc) is 3.63. The quantitative estimate of drug-likeness (QED) is 0.0278. The van der Waals surface area contributed by atoms with Gasteiger partial charge >= 0.3 is 17.9 Å². The first-order valence-electron chi connectivity index (χ1n) is 28.8. The SMILES string of the molecule is CCCCCCCC/C=C\CCCCCCCC(=O)O[C@@H]1O[C@H](CO)[C@@H](OC(=O)CCCCCCC/C=C\CCCCCCCC)[C@H]1OC(=O)CCCCCCC/C=C\CCCCCCCC. The van der Waals surface area contributed by atoms with Gasteiger partial charge in [-0.1, -0.05) is 211 Å². The van der Waals surface area contributed by atoms with E-state index in [1.54, 1.807) is 0 Å². The van der Waals surface area contributed by atoms with E-state index < -0.39 is 49.1 Å². The second-order valence-corrected chi connectivity index (χ2v) is 19.6. The molecule has 0 aromatic rings. The minimum absolute atomic E-state index is 0.212. The Morgan fingerprint density at radius 3 is 0.910 bits per heavy atom. The molecule has 4 atom stereocenters. The van der Waals surface area contributed by atoms with Gasteiger partial charge < -0.3 is 24.1 Å². The molecule has 0 aromatic carbocycles. The number of ether oxygens (including phenoxy) is 4. The van der Waals surface area contributed by atoms with E-state index in [0.29, 0.717) is 19.3 Å². The molecule has 1 aliphatic rings. The van der Waals surface area contributed by atoms with E-state index in [1.165, 1.54) is 135 Å². The Morgan fingerprint density at radius 1 is 0.358 bits per heavy atom. The van der Waals surface area contributed by atoms with Crippen LogP contribution in [0.4, 0.5) is 0 Å². The zero-order valence-corrected chi connectivity index (χ0v) is 44.0. The summed E-state index contributed by atoms with van der Waals surface area (Å²) in [7, 11) is 0. The van der Waals surface area contributed by atoms with Gasteiger partial charge in [-0.05, 0) is 96.3 Å². The smallest absolute Gasteiger partial charge is 0.308 e. The fourth-order valence-corrected chi connectivity index (χ4v) is 8.83. The van der Waals surface area contributed by atoms with Crippen molar-refractivity contribution in [3.63, 3.8) is 0 Å². The molecular weight excluding hydrogens is 837 g/mol. The first kappa shape index (κ1) is 62.6. The molecule has 8 heteroatoms. The Hall–Kier alpha value is -2.45. The molecule has 0 aromatic heterocycles. The highest BCUT2D eigenvalue weighted by atomic mass is 16.7. The van der Waals surface area contributed by atoms with Crippen LogP contribution in [0.25, 0.3) is 0 Å². The molecule has 0 bridgehead atoms. The summed E-state index contributed by atoms with van der Waals surface area (Å²) in [6.07, 6.45) is 55.7. The molecule has 1 aliphatic heterocycles. The van der Waals surface area contributed by atoms with Gasteiger partial charge in [-0.25, -0.2) is 0 Å². The van der Waals surface area contributed by atoms with Crippen LogP contribution < -0.4 is 0 Å². The average molecular weight is 943 g/mol. The Labute approximate surface area is 413 Å². The topological polar surface area (TPSA) is 108 Å². The molecule has 1 rings (SSSR count). The molecule has 0 aliphatic carbocycles. The van der Waals surface area contributed by atoms with Crippen molar-refractivity contribution in [3.8, 4) is 0 Å². The lowest BCUT2D eigenvalue weighted by atomic mass is 10.1. The monoisotopic (exact) mass is 943 g/mol. The van der Waals surface area contributed by atoms with Gasteiger partial charge in [0.2, 0.25) is 12.4 Å². The Kier molecular flexibility index (Phi) is 45.4. The number of rotatable bonds is 49. The molecule has 1 fully saturated rings. The summed E-state index contributed by atoms with van der Waals surface area (Å²) in [6.45, 7) is 6.30. The molecule has 0 radical (unpaired) electrons. The van der Waals surface area contributed by atoms with Gasteiger partial charge in [-0.2, -0.15) is 0 Å². The highest BCUT2D eigenvalue weighted by Gasteiger charge is 2.51. The standard InChI is InChI=1S/C59H106O8/c1-4-7-10-13-16-19-22-25-28-31-34-37-40-43-46-49-54(61)65-57-53(52-60)64-59(67-56(63)51-48-45-42-39-36-33-30-27-24-21-18-15-12-9-6-3)58(57)66-55(62)50-47-44-41-38-35-32-29-26-23-20-17-14-11-8-5-2/h25-30,53,57-60H,4-24,31-52H2,1-3H3/b28-25-,29-26-,30-27-/t53-,57-,58-,59+/m1/s1. The molecule has 0 spiro atoms. The summed E-state index contributed by atoms with van der Waals surface area (Å²) in [4.78, 5) is 39.4. The van der Waals surface area contributed by atoms with Gasteiger partial charge in [0.15, 0.2) is 6.10 Å². The van der Waals surface area contributed by atoms with Crippen molar-refractivity contribution in [2.24, 2.45) is 0 Å². The van der Waals surface area contributed by atoms with Gasteiger partial charge in [-0.3, -0.25) is 14.4 Å². The number of carbonyl (C=O) groups is 3. The summed E-state index contributed by atoms with van der Waals surface area (Å²) >= 11 is 0. The van der Waals surface area contributed by atoms with Crippen molar-refractivity contribution in [2.75, 3.05) is 6.61 Å². The molecule has 390 valence electrons. The van der Waals surface area contributed by atoms with E-state index in [2.05, 4.69) is 57.2 Å². The van der Waals surface area contributed by atoms with Gasteiger partial charge in [-0.15, -0.1) is 0 Å². The van der Waals surface area contributed by atoms with Crippen LogP contribution in [0, 0.1) is 0 Å². The maximum Gasteiger partial charge on any atom is 0.308 e. The van der Waals surface area contributed by atoms with Crippen LogP contribution in [-0.4, -0.2) is 54.2 Å². The normalized spacial score (nSPS) is 17.4. The van der Waals surface area contributed by atoms with Crippen molar-refractivity contribution >= 4 is 17.9 Å². The van der Waals surface area contributed by atoms with E-state index in [9.17, 15) is 19.5 Å². The van der Waals surface area contributed by atoms with E-state index in [0.717, 1.165) is 96.3 Å². The molecule has 67 heavy (non-hydrogen) atoms. The lowest BCUT2D eigenvalue weighted by Gasteiger charge is -2.24. The Bertz CT molecular complexity index is 1210. The number of hydrogen-bond donors (Lipinski definition) is 1. The zero-order chi connectivity index (χ0) is 48.5. The van der Waals surface area contributed by atoms with Crippen LogP contribution in [0.2, 0.25) is 0 Å². The van der Waals surface area contributed by atoms with Crippen LogP contribution in [0.5, 0.6) is 0 Å². The molecular formula is C59H106O8.